The third-order valence-corrected chi connectivity index (χ3v) is 6.55. The maximum atomic E-state index is 4.50. The molecule has 0 spiro atoms. The summed E-state index contributed by atoms with van der Waals surface area (Å²) in [7, 11) is 0. The zero-order valence-electron chi connectivity index (χ0n) is 14.0. The summed E-state index contributed by atoms with van der Waals surface area (Å²) in [6.45, 7) is 7.46. The first kappa shape index (κ1) is 17.7. The fourth-order valence-corrected chi connectivity index (χ4v) is 4.53. The minimum atomic E-state index is 0.900. The number of aryl methyl sites for hydroxylation is 1. The molecule has 1 aromatic carbocycles. The van der Waals surface area contributed by atoms with Crippen LogP contribution in [0.15, 0.2) is 39.3 Å². The van der Waals surface area contributed by atoms with Gasteiger partial charge in [-0.1, -0.05) is 46.7 Å². The second-order valence-corrected chi connectivity index (χ2v) is 8.65. The highest BCUT2D eigenvalue weighted by atomic mass is 79.9. The quantitative estimate of drug-likeness (QED) is 0.451. The van der Waals surface area contributed by atoms with Gasteiger partial charge in [-0.15, -0.1) is 21.5 Å². The van der Waals surface area contributed by atoms with Crippen molar-refractivity contribution in [1.82, 2.24) is 14.8 Å². The summed E-state index contributed by atoms with van der Waals surface area (Å²) in [5, 5.41) is 12.2. The Bertz CT molecular complexity index is 821. The fourth-order valence-electron chi connectivity index (χ4n) is 2.48. The molecule has 0 N–H and O–H groups in total. The van der Waals surface area contributed by atoms with Gasteiger partial charge in [0.05, 0.1) is 0 Å². The molecule has 0 atom stereocenters. The molecule has 3 nitrogen and oxygen atoms in total. The van der Waals surface area contributed by atoms with Crippen molar-refractivity contribution in [3.05, 3.63) is 50.1 Å². The highest BCUT2D eigenvalue weighted by Crippen LogP contribution is 2.32. The lowest BCUT2D eigenvalue weighted by atomic mass is 10.1. The van der Waals surface area contributed by atoms with E-state index in [1.165, 1.54) is 21.6 Å². The van der Waals surface area contributed by atoms with Gasteiger partial charge >= 0.3 is 0 Å². The number of hydrogen-bond acceptors (Lipinski definition) is 4. The van der Waals surface area contributed by atoms with Crippen LogP contribution in [0, 0.1) is 13.8 Å². The number of nitrogens with zero attached hydrogens (tertiary/aromatic N) is 3. The number of halogens is 1. The van der Waals surface area contributed by atoms with Gasteiger partial charge in [0.25, 0.3) is 0 Å². The van der Waals surface area contributed by atoms with E-state index in [1.54, 1.807) is 23.1 Å². The van der Waals surface area contributed by atoms with Crippen LogP contribution in [0.25, 0.3) is 11.4 Å². The molecule has 0 bridgehead atoms. The molecular weight excluding hydrogens is 402 g/mol. The Morgan fingerprint density at radius 3 is 2.54 bits per heavy atom. The van der Waals surface area contributed by atoms with Crippen LogP contribution in [-0.4, -0.2) is 14.8 Å². The van der Waals surface area contributed by atoms with Gasteiger partial charge in [-0.25, -0.2) is 0 Å². The molecule has 2 heterocycles. The third kappa shape index (κ3) is 3.76. The molecule has 0 saturated heterocycles. The van der Waals surface area contributed by atoms with Crippen LogP contribution in [-0.2, 0) is 12.3 Å². The monoisotopic (exact) mass is 421 g/mol. The van der Waals surface area contributed by atoms with Gasteiger partial charge in [-0.3, -0.25) is 0 Å². The van der Waals surface area contributed by atoms with Crippen molar-refractivity contribution < 1.29 is 0 Å². The molecule has 0 aliphatic carbocycles. The summed E-state index contributed by atoms with van der Waals surface area (Å²) in [4.78, 5) is 1.35. The van der Waals surface area contributed by atoms with E-state index in [0.29, 0.717) is 0 Å². The van der Waals surface area contributed by atoms with Crippen LogP contribution in [0.4, 0.5) is 0 Å². The van der Waals surface area contributed by atoms with Gasteiger partial charge in [-0.05, 0) is 43.5 Å². The van der Waals surface area contributed by atoms with E-state index >= 15 is 0 Å². The normalized spacial score (nSPS) is 11.2. The molecule has 0 radical (unpaired) electrons. The van der Waals surface area contributed by atoms with Crippen molar-refractivity contribution >= 4 is 39.0 Å². The lowest BCUT2D eigenvalue weighted by molar-refractivity contribution is 0.626. The minimum Gasteiger partial charge on any atom is -0.302 e. The molecule has 0 aliphatic heterocycles. The van der Waals surface area contributed by atoms with Crippen LogP contribution in [0.5, 0.6) is 0 Å². The average molecular weight is 422 g/mol. The summed E-state index contributed by atoms with van der Waals surface area (Å²) in [6, 6.07) is 8.45. The third-order valence-electron chi connectivity index (χ3n) is 3.97. The summed E-state index contributed by atoms with van der Waals surface area (Å²) < 4.78 is 3.37. The van der Waals surface area contributed by atoms with E-state index in [4.69, 9.17) is 0 Å². The topological polar surface area (TPSA) is 30.7 Å². The summed E-state index contributed by atoms with van der Waals surface area (Å²) in [5.74, 6) is 1.90. The molecule has 0 aliphatic rings. The SMILES string of the molecule is CCCn1c(SCc2ccc(Br)cc2)nnc1-c1csc(C)c1C. The zero-order chi connectivity index (χ0) is 17.1. The van der Waals surface area contributed by atoms with E-state index in [9.17, 15) is 0 Å². The summed E-state index contributed by atoms with van der Waals surface area (Å²) >= 11 is 7.01. The average Bonchev–Trinajstić information content (AvgIpc) is 3.12. The Morgan fingerprint density at radius 1 is 1.17 bits per heavy atom. The number of benzene rings is 1. The smallest absolute Gasteiger partial charge is 0.191 e. The van der Waals surface area contributed by atoms with Crippen molar-refractivity contribution in [2.75, 3.05) is 0 Å². The van der Waals surface area contributed by atoms with E-state index in [-0.39, 0.29) is 0 Å². The Hall–Kier alpha value is -1.11. The Kier molecular flexibility index (Phi) is 5.79. The number of thioether (sulfide) groups is 1. The van der Waals surface area contributed by atoms with Crippen molar-refractivity contribution in [3.8, 4) is 11.4 Å². The van der Waals surface area contributed by atoms with E-state index in [1.807, 2.05) is 0 Å². The lowest BCUT2D eigenvalue weighted by Gasteiger charge is -2.09. The minimum absolute atomic E-state index is 0.900. The highest BCUT2D eigenvalue weighted by molar-refractivity contribution is 9.10. The Morgan fingerprint density at radius 2 is 1.92 bits per heavy atom. The second-order valence-electron chi connectivity index (χ2n) is 5.70. The molecule has 3 aromatic rings. The van der Waals surface area contributed by atoms with E-state index in [2.05, 4.69) is 81.1 Å². The van der Waals surface area contributed by atoms with Crippen molar-refractivity contribution in [2.24, 2.45) is 0 Å². The van der Waals surface area contributed by atoms with E-state index in [0.717, 1.165) is 34.2 Å². The highest BCUT2D eigenvalue weighted by Gasteiger charge is 2.17. The molecular formula is C18H20BrN3S2. The number of hydrogen-bond donors (Lipinski definition) is 0. The van der Waals surface area contributed by atoms with Gasteiger partial charge in [0.2, 0.25) is 0 Å². The van der Waals surface area contributed by atoms with Crippen LogP contribution in [0.1, 0.15) is 29.3 Å². The predicted molar refractivity (Wildman–Crippen MR) is 107 cm³/mol. The number of thiophene rings is 1. The van der Waals surface area contributed by atoms with Crippen LogP contribution in [0.2, 0.25) is 0 Å². The first-order valence-corrected chi connectivity index (χ1v) is 10.6. The molecule has 0 amide bonds. The Balaban J connectivity index is 1.85. The Labute approximate surface area is 159 Å². The van der Waals surface area contributed by atoms with Crippen molar-refractivity contribution in [3.63, 3.8) is 0 Å². The van der Waals surface area contributed by atoms with Gasteiger partial charge < -0.3 is 4.57 Å². The van der Waals surface area contributed by atoms with Gasteiger partial charge in [0, 0.05) is 32.6 Å². The van der Waals surface area contributed by atoms with Gasteiger partial charge in [0.1, 0.15) is 0 Å². The molecule has 3 rings (SSSR count). The molecule has 0 saturated carbocycles. The largest absolute Gasteiger partial charge is 0.302 e. The predicted octanol–water partition coefficient (Wildman–Crippen LogP) is 6.09. The maximum Gasteiger partial charge on any atom is 0.191 e. The van der Waals surface area contributed by atoms with Gasteiger partial charge in [0.15, 0.2) is 11.0 Å². The van der Waals surface area contributed by atoms with E-state index < -0.39 is 0 Å². The van der Waals surface area contributed by atoms with Crippen LogP contribution < -0.4 is 0 Å². The molecule has 24 heavy (non-hydrogen) atoms. The second kappa shape index (κ2) is 7.85. The van der Waals surface area contributed by atoms with Crippen LogP contribution >= 0.6 is 39.0 Å². The first-order chi connectivity index (χ1) is 11.6. The number of rotatable bonds is 6. The molecule has 6 heteroatoms. The van der Waals surface area contributed by atoms with Crippen molar-refractivity contribution in [1.29, 1.82) is 0 Å². The standard InChI is InChI=1S/C18H20BrN3S2/c1-4-9-22-17(16-11-23-13(3)12(16)2)20-21-18(22)24-10-14-5-7-15(19)8-6-14/h5-8,11H,4,9-10H2,1-3H3. The molecule has 126 valence electrons. The van der Waals surface area contributed by atoms with Gasteiger partial charge in [-0.2, -0.15) is 0 Å². The fraction of sp³-hybridized carbons (Fsp3) is 0.333. The lowest BCUT2D eigenvalue weighted by Crippen LogP contribution is -2.02. The number of aromatic nitrogens is 3. The summed E-state index contributed by atoms with van der Waals surface area (Å²) in [6.07, 6.45) is 1.07. The zero-order valence-corrected chi connectivity index (χ0v) is 17.3. The van der Waals surface area contributed by atoms with Crippen molar-refractivity contribution in [2.45, 2.75) is 44.6 Å². The molecule has 0 fully saturated rings. The summed E-state index contributed by atoms with van der Waals surface area (Å²) in [5.41, 5.74) is 3.82. The first-order valence-electron chi connectivity index (χ1n) is 7.95. The molecule has 0 unspecified atom stereocenters. The molecule has 2 aromatic heterocycles. The maximum absolute atomic E-state index is 4.50. The van der Waals surface area contributed by atoms with Crippen LogP contribution in [0.3, 0.4) is 0 Å².